The van der Waals surface area contributed by atoms with Crippen LogP contribution in [0.1, 0.15) is 5.56 Å². The van der Waals surface area contributed by atoms with Gasteiger partial charge in [-0.2, -0.15) is 0 Å². The zero-order valence-electron chi connectivity index (χ0n) is 10.8. The lowest BCUT2D eigenvalue weighted by molar-refractivity contribution is -0.118. The summed E-state index contributed by atoms with van der Waals surface area (Å²) in [5, 5.41) is 6.45. The predicted molar refractivity (Wildman–Crippen MR) is 84.8 cm³/mol. The van der Waals surface area contributed by atoms with Gasteiger partial charge in [-0.3, -0.25) is 4.79 Å². The van der Waals surface area contributed by atoms with Gasteiger partial charge in [-0.15, -0.1) is 0 Å². The fourth-order valence-corrected chi connectivity index (χ4v) is 2.41. The number of hydrogen-bond donors (Lipinski definition) is 2. The molecule has 0 unspecified atom stereocenters. The van der Waals surface area contributed by atoms with Gasteiger partial charge in [-0.25, -0.2) is 4.98 Å². The lowest BCUT2D eigenvalue weighted by atomic mass is 10.1. The van der Waals surface area contributed by atoms with Gasteiger partial charge < -0.3 is 15.4 Å². The molecule has 0 radical (unpaired) electrons. The molecule has 0 atom stereocenters. The quantitative estimate of drug-likeness (QED) is 0.815. The van der Waals surface area contributed by atoms with Gasteiger partial charge in [0.05, 0.1) is 22.0 Å². The first-order chi connectivity index (χ1) is 10.1. The molecule has 1 amide bonds. The van der Waals surface area contributed by atoms with Crippen LogP contribution in [-0.4, -0.2) is 17.5 Å². The maximum atomic E-state index is 11.3. The average Bonchev–Trinajstić information content (AvgIpc) is 2.48. The highest BCUT2D eigenvalue weighted by molar-refractivity contribution is 9.10. The van der Waals surface area contributed by atoms with Gasteiger partial charge in [0.1, 0.15) is 10.9 Å². The molecular weight excluding hydrogens is 358 g/mol. The second-order valence-corrected chi connectivity index (χ2v) is 5.73. The van der Waals surface area contributed by atoms with Crippen LogP contribution in [0, 0.1) is 0 Å². The molecule has 2 N–H and O–H groups in total. The van der Waals surface area contributed by atoms with Gasteiger partial charge in [0.15, 0.2) is 6.61 Å². The van der Waals surface area contributed by atoms with Crippen LogP contribution in [0.4, 0.5) is 11.4 Å². The normalized spacial score (nSPS) is 13.1. The minimum absolute atomic E-state index is 0.0646. The molecule has 7 heteroatoms. The van der Waals surface area contributed by atoms with Crippen molar-refractivity contribution in [1.29, 1.82) is 0 Å². The number of carbonyl (C=O) groups is 1. The van der Waals surface area contributed by atoms with E-state index >= 15 is 0 Å². The standard InChI is InChI=1S/C14H11BrClN3O2/c15-10-4-9(6-18-14(10)16)17-5-8-1-2-12-11(3-8)19-13(20)7-21-12/h1-4,6,17H,5,7H2,(H,19,20). The fraction of sp³-hybridized carbons (Fsp3) is 0.143. The molecule has 2 aromatic rings. The number of nitrogens with zero attached hydrogens (tertiary/aromatic N) is 1. The van der Waals surface area contributed by atoms with Crippen LogP contribution < -0.4 is 15.4 Å². The number of rotatable bonds is 3. The number of amides is 1. The van der Waals surface area contributed by atoms with E-state index in [2.05, 4.69) is 31.5 Å². The van der Waals surface area contributed by atoms with E-state index in [1.165, 1.54) is 0 Å². The number of aromatic nitrogens is 1. The Hall–Kier alpha value is -1.79. The molecule has 0 spiro atoms. The minimum atomic E-state index is -0.140. The molecule has 5 nitrogen and oxygen atoms in total. The maximum absolute atomic E-state index is 11.3. The molecule has 0 saturated heterocycles. The lowest BCUT2D eigenvalue weighted by Crippen LogP contribution is -2.25. The van der Waals surface area contributed by atoms with Crippen LogP contribution in [0.25, 0.3) is 0 Å². The number of anilines is 2. The number of hydrogen-bond acceptors (Lipinski definition) is 4. The van der Waals surface area contributed by atoms with E-state index in [0.29, 0.717) is 23.1 Å². The van der Waals surface area contributed by atoms with Crippen molar-refractivity contribution < 1.29 is 9.53 Å². The first-order valence-electron chi connectivity index (χ1n) is 6.22. The van der Waals surface area contributed by atoms with Crippen molar-refractivity contribution in [3.05, 3.63) is 45.7 Å². The van der Waals surface area contributed by atoms with Crippen molar-refractivity contribution in [2.24, 2.45) is 0 Å². The molecular formula is C14H11BrClN3O2. The Labute approximate surface area is 134 Å². The smallest absolute Gasteiger partial charge is 0.262 e. The topological polar surface area (TPSA) is 63.2 Å². The van der Waals surface area contributed by atoms with Crippen molar-refractivity contribution in [3.63, 3.8) is 0 Å². The number of fused-ring (bicyclic) bond motifs is 1. The van der Waals surface area contributed by atoms with Gasteiger partial charge in [0.2, 0.25) is 0 Å². The molecule has 21 heavy (non-hydrogen) atoms. The Morgan fingerprint density at radius 1 is 1.43 bits per heavy atom. The second kappa shape index (κ2) is 5.91. The van der Waals surface area contributed by atoms with E-state index in [-0.39, 0.29) is 12.5 Å². The lowest BCUT2D eigenvalue weighted by Gasteiger charge is -2.18. The van der Waals surface area contributed by atoms with E-state index in [0.717, 1.165) is 15.7 Å². The average molecular weight is 369 g/mol. The molecule has 0 fully saturated rings. The van der Waals surface area contributed by atoms with Gasteiger partial charge in [0.25, 0.3) is 5.91 Å². The first kappa shape index (κ1) is 14.2. The minimum Gasteiger partial charge on any atom is -0.482 e. The first-order valence-corrected chi connectivity index (χ1v) is 7.39. The summed E-state index contributed by atoms with van der Waals surface area (Å²) in [7, 11) is 0. The molecule has 0 bridgehead atoms. The van der Waals surface area contributed by atoms with Crippen molar-refractivity contribution >= 4 is 44.8 Å². The maximum Gasteiger partial charge on any atom is 0.262 e. The Morgan fingerprint density at radius 2 is 2.29 bits per heavy atom. The third kappa shape index (κ3) is 3.28. The van der Waals surface area contributed by atoms with Gasteiger partial charge in [-0.05, 0) is 39.7 Å². The molecule has 1 aliphatic heterocycles. The summed E-state index contributed by atoms with van der Waals surface area (Å²) in [5.41, 5.74) is 2.57. The van der Waals surface area contributed by atoms with Crippen LogP contribution in [-0.2, 0) is 11.3 Å². The third-order valence-corrected chi connectivity index (χ3v) is 4.10. The number of benzene rings is 1. The number of pyridine rings is 1. The predicted octanol–water partition coefficient (Wildman–Crippen LogP) is 3.44. The van der Waals surface area contributed by atoms with Crippen LogP contribution in [0.15, 0.2) is 34.9 Å². The van der Waals surface area contributed by atoms with E-state index in [4.69, 9.17) is 16.3 Å². The number of carbonyl (C=O) groups excluding carboxylic acids is 1. The molecule has 1 aromatic heterocycles. The Balaban J connectivity index is 1.72. The molecule has 3 rings (SSSR count). The molecule has 0 saturated carbocycles. The summed E-state index contributed by atoms with van der Waals surface area (Å²) >= 11 is 9.18. The monoisotopic (exact) mass is 367 g/mol. The van der Waals surface area contributed by atoms with Gasteiger partial charge in [0, 0.05) is 6.54 Å². The number of ether oxygens (including phenoxy) is 1. The largest absolute Gasteiger partial charge is 0.482 e. The summed E-state index contributed by atoms with van der Waals surface area (Å²) in [6.07, 6.45) is 1.66. The van der Waals surface area contributed by atoms with Crippen LogP contribution in [0.2, 0.25) is 5.15 Å². The van der Waals surface area contributed by atoms with Crippen molar-refractivity contribution in [2.75, 3.05) is 17.2 Å². The van der Waals surface area contributed by atoms with Crippen molar-refractivity contribution in [3.8, 4) is 5.75 Å². The van der Waals surface area contributed by atoms with E-state index in [1.54, 1.807) is 6.20 Å². The zero-order chi connectivity index (χ0) is 14.8. The van der Waals surface area contributed by atoms with Gasteiger partial charge >= 0.3 is 0 Å². The molecule has 0 aliphatic carbocycles. The summed E-state index contributed by atoms with van der Waals surface area (Å²) in [5.74, 6) is 0.549. The molecule has 108 valence electrons. The Morgan fingerprint density at radius 3 is 3.10 bits per heavy atom. The van der Waals surface area contributed by atoms with E-state index in [1.807, 2.05) is 24.3 Å². The number of halogens is 2. The second-order valence-electron chi connectivity index (χ2n) is 4.52. The summed E-state index contributed by atoms with van der Waals surface area (Å²) in [4.78, 5) is 15.4. The summed E-state index contributed by atoms with van der Waals surface area (Å²) in [6, 6.07) is 7.54. The Kier molecular flexibility index (Phi) is 3.98. The molecule has 1 aliphatic rings. The van der Waals surface area contributed by atoms with Crippen LogP contribution >= 0.6 is 27.5 Å². The van der Waals surface area contributed by atoms with E-state index < -0.39 is 0 Å². The summed E-state index contributed by atoms with van der Waals surface area (Å²) < 4.78 is 6.06. The highest BCUT2D eigenvalue weighted by atomic mass is 79.9. The molecule has 1 aromatic carbocycles. The van der Waals surface area contributed by atoms with Crippen LogP contribution in [0.5, 0.6) is 5.75 Å². The highest BCUT2D eigenvalue weighted by Gasteiger charge is 2.15. The Bertz CT molecular complexity index is 709. The van der Waals surface area contributed by atoms with E-state index in [9.17, 15) is 4.79 Å². The number of nitrogens with one attached hydrogen (secondary N) is 2. The van der Waals surface area contributed by atoms with Crippen LogP contribution in [0.3, 0.4) is 0 Å². The van der Waals surface area contributed by atoms with Gasteiger partial charge in [-0.1, -0.05) is 17.7 Å². The zero-order valence-corrected chi connectivity index (χ0v) is 13.2. The highest BCUT2D eigenvalue weighted by Crippen LogP contribution is 2.29. The SMILES string of the molecule is O=C1COc2ccc(CNc3cnc(Cl)c(Br)c3)cc2N1. The summed E-state index contributed by atoms with van der Waals surface area (Å²) in [6.45, 7) is 0.661. The third-order valence-electron chi connectivity index (χ3n) is 2.97. The fourth-order valence-electron chi connectivity index (χ4n) is 1.96. The van der Waals surface area contributed by atoms with Crippen molar-refractivity contribution in [2.45, 2.75) is 6.54 Å². The van der Waals surface area contributed by atoms with Crippen molar-refractivity contribution in [1.82, 2.24) is 4.98 Å². The molecule has 2 heterocycles.